The smallest absolute Gasteiger partial charge is 0.0625 e. The Kier molecular flexibility index (Phi) is 10.3. The summed E-state index contributed by atoms with van der Waals surface area (Å²) in [6, 6.07) is 104. The number of aromatic nitrogens is 1. The quantitative estimate of drug-likeness (QED) is 0.138. The summed E-state index contributed by atoms with van der Waals surface area (Å²) in [5.41, 5.74) is 21.1. The predicted molar refractivity (Wildman–Crippen MR) is 327 cm³/mol. The molecule has 1 aliphatic carbocycles. The average molecular weight is 981 g/mol. The zero-order valence-electron chi connectivity index (χ0n) is 43.0. The molecule has 2 nitrogen and oxygen atoms in total. The average Bonchev–Trinajstić information content (AvgIpc) is 4.09. The minimum atomic E-state index is -0.227. The van der Waals surface area contributed by atoms with Crippen LogP contribution < -0.4 is 4.90 Å². The molecule has 362 valence electrons. The van der Waals surface area contributed by atoms with Gasteiger partial charge in [0.2, 0.25) is 0 Å². The summed E-state index contributed by atoms with van der Waals surface area (Å²) in [5, 5.41) is 9.80. The van der Waals surface area contributed by atoms with Crippen molar-refractivity contribution in [1.82, 2.24) is 4.57 Å². The van der Waals surface area contributed by atoms with Crippen LogP contribution in [0.25, 0.3) is 115 Å². The van der Waals surface area contributed by atoms with Gasteiger partial charge in [-0.2, -0.15) is 0 Å². The van der Waals surface area contributed by atoms with Crippen molar-refractivity contribution in [3.63, 3.8) is 0 Å². The van der Waals surface area contributed by atoms with E-state index in [1.807, 2.05) is 0 Å². The first-order chi connectivity index (χ1) is 38.0. The van der Waals surface area contributed by atoms with E-state index in [2.05, 4.69) is 302 Å². The van der Waals surface area contributed by atoms with Crippen molar-refractivity contribution in [3.05, 3.63) is 290 Å². The first-order valence-electron chi connectivity index (χ1n) is 26.8. The van der Waals surface area contributed by atoms with Crippen LogP contribution >= 0.6 is 0 Å². The maximum absolute atomic E-state index is 2.59. The third kappa shape index (κ3) is 7.03. The third-order valence-corrected chi connectivity index (χ3v) is 16.5. The number of anilines is 3. The van der Waals surface area contributed by atoms with E-state index in [0.29, 0.717) is 0 Å². The van der Waals surface area contributed by atoms with Crippen molar-refractivity contribution in [1.29, 1.82) is 0 Å². The lowest BCUT2D eigenvalue weighted by Crippen LogP contribution is -2.17. The normalized spacial score (nSPS) is 12.6. The largest absolute Gasteiger partial charge is 0.310 e. The lowest BCUT2D eigenvalue weighted by molar-refractivity contribution is 0.660. The molecule has 0 saturated heterocycles. The van der Waals surface area contributed by atoms with Gasteiger partial charge in [0.25, 0.3) is 0 Å². The van der Waals surface area contributed by atoms with Gasteiger partial charge in [0.1, 0.15) is 0 Å². The molecular weight excluding hydrogens is 929 g/mol. The highest BCUT2D eigenvalue weighted by molar-refractivity contribution is 6.32. The Morgan fingerprint density at radius 3 is 1.47 bits per heavy atom. The fourth-order valence-electron chi connectivity index (χ4n) is 13.0. The van der Waals surface area contributed by atoms with Gasteiger partial charge in [-0.3, -0.25) is 0 Å². The number of fused-ring (bicyclic) bond motifs is 12. The standard InChI is InChI=1S/C75H52N2/c1-75(2)67-37-21-19-34-61(67)62-40-39-55(48-68(62)75)76(56-46-52(49-23-7-3-8-24-49)45-53(47-56)50-25-9-4-10-26-50)70-44-43-64-60-33-16-15-31-58(60)59-32-17-18-35-63(59)71(64)73(70)66-42-41-57(51-27-11-5-12-28-51)74-72(66)65-36-20-22-38-69(65)77(74)54-29-13-6-14-30-54/h3-48H,1-2H3. The topological polar surface area (TPSA) is 8.17 Å². The van der Waals surface area contributed by atoms with Crippen molar-refractivity contribution in [2.45, 2.75) is 19.3 Å². The Morgan fingerprint density at radius 2 is 0.805 bits per heavy atom. The van der Waals surface area contributed by atoms with Crippen molar-refractivity contribution in [3.8, 4) is 61.3 Å². The lowest BCUT2D eigenvalue weighted by atomic mass is 9.82. The van der Waals surface area contributed by atoms with E-state index in [4.69, 9.17) is 0 Å². The Balaban J connectivity index is 1.14. The van der Waals surface area contributed by atoms with Crippen molar-refractivity contribution in [2.75, 3.05) is 4.90 Å². The maximum Gasteiger partial charge on any atom is 0.0625 e. The van der Waals surface area contributed by atoms with Gasteiger partial charge < -0.3 is 9.47 Å². The zero-order valence-corrected chi connectivity index (χ0v) is 43.0. The SMILES string of the molecule is CC1(C)c2ccccc2-c2ccc(N(c3cc(-c4ccccc4)cc(-c4ccccc4)c3)c3ccc4c5ccccc5c5ccccc5c4c3-c3ccc(-c4ccccc4)c4c3c3ccccc3n4-c3ccccc3)cc21. The summed E-state index contributed by atoms with van der Waals surface area (Å²) in [5.74, 6) is 0. The highest BCUT2D eigenvalue weighted by Crippen LogP contribution is 2.55. The summed E-state index contributed by atoms with van der Waals surface area (Å²) in [6.45, 7) is 4.78. The lowest BCUT2D eigenvalue weighted by Gasteiger charge is -2.32. The van der Waals surface area contributed by atoms with Crippen LogP contribution in [-0.4, -0.2) is 4.57 Å². The fraction of sp³-hybridized carbons (Fsp3) is 0.0400. The highest BCUT2D eigenvalue weighted by Gasteiger charge is 2.36. The van der Waals surface area contributed by atoms with Crippen LogP contribution in [0.15, 0.2) is 279 Å². The summed E-state index contributed by atoms with van der Waals surface area (Å²) in [7, 11) is 0. The summed E-state index contributed by atoms with van der Waals surface area (Å²) in [6.07, 6.45) is 0. The first-order valence-corrected chi connectivity index (χ1v) is 26.8. The second-order valence-corrected chi connectivity index (χ2v) is 21.1. The highest BCUT2D eigenvalue weighted by atomic mass is 15.1. The van der Waals surface area contributed by atoms with E-state index in [-0.39, 0.29) is 5.41 Å². The van der Waals surface area contributed by atoms with Crippen molar-refractivity contribution >= 4 is 71.2 Å². The number of rotatable bonds is 8. The molecule has 13 aromatic carbocycles. The molecule has 0 atom stereocenters. The van der Waals surface area contributed by atoms with E-state index >= 15 is 0 Å². The second kappa shape index (κ2) is 17.7. The molecule has 0 spiro atoms. The molecule has 1 aromatic heterocycles. The molecule has 0 amide bonds. The Labute approximate surface area is 449 Å². The zero-order chi connectivity index (χ0) is 51.2. The molecular formula is C75H52N2. The maximum atomic E-state index is 2.59. The van der Waals surface area contributed by atoms with Gasteiger partial charge in [0.15, 0.2) is 0 Å². The van der Waals surface area contributed by atoms with E-state index in [9.17, 15) is 0 Å². The molecule has 0 fully saturated rings. The summed E-state index contributed by atoms with van der Waals surface area (Å²) >= 11 is 0. The van der Waals surface area contributed by atoms with E-state index in [1.165, 1.54) is 104 Å². The minimum Gasteiger partial charge on any atom is -0.310 e. The molecule has 77 heavy (non-hydrogen) atoms. The van der Waals surface area contributed by atoms with Crippen LogP contribution in [0.3, 0.4) is 0 Å². The number of nitrogens with zero attached hydrogens (tertiary/aromatic N) is 2. The molecule has 0 saturated carbocycles. The number of hydrogen-bond donors (Lipinski definition) is 0. The predicted octanol–water partition coefficient (Wildman–Crippen LogP) is 20.7. The van der Waals surface area contributed by atoms with Gasteiger partial charge in [-0.15, -0.1) is 0 Å². The van der Waals surface area contributed by atoms with Crippen LogP contribution in [0.2, 0.25) is 0 Å². The van der Waals surface area contributed by atoms with Crippen molar-refractivity contribution in [2.24, 2.45) is 0 Å². The molecule has 14 aromatic rings. The molecule has 0 N–H and O–H groups in total. The van der Waals surface area contributed by atoms with Crippen molar-refractivity contribution < 1.29 is 0 Å². The van der Waals surface area contributed by atoms with Gasteiger partial charge in [-0.05, 0) is 137 Å². The molecule has 1 heterocycles. The number of para-hydroxylation sites is 2. The van der Waals surface area contributed by atoms with Crippen LogP contribution in [-0.2, 0) is 5.41 Å². The van der Waals surface area contributed by atoms with Gasteiger partial charge in [0, 0.05) is 49.8 Å². The van der Waals surface area contributed by atoms with Gasteiger partial charge in [-0.25, -0.2) is 0 Å². The van der Waals surface area contributed by atoms with Crippen LogP contribution in [0.1, 0.15) is 25.0 Å². The number of hydrogen-bond acceptors (Lipinski definition) is 1. The van der Waals surface area contributed by atoms with Gasteiger partial charge >= 0.3 is 0 Å². The monoisotopic (exact) mass is 980 g/mol. The second-order valence-electron chi connectivity index (χ2n) is 21.1. The van der Waals surface area contributed by atoms with Crippen LogP contribution in [0.5, 0.6) is 0 Å². The number of benzene rings is 13. The summed E-state index contributed by atoms with van der Waals surface area (Å²) < 4.78 is 2.50. The van der Waals surface area contributed by atoms with E-state index < -0.39 is 0 Å². The molecule has 2 heteroatoms. The molecule has 1 aliphatic rings. The van der Waals surface area contributed by atoms with Gasteiger partial charge in [-0.1, -0.05) is 238 Å². The molecule has 0 aliphatic heterocycles. The van der Waals surface area contributed by atoms with Crippen LogP contribution in [0, 0.1) is 0 Å². The van der Waals surface area contributed by atoms with E-state index in [1.54, 1.807) is 0 Å². The van der Waals surface area contributed by atoms with Gasteiger partial charge in [0.05, 0.1) is 16.7 Å². The Bertz CT molecular complexity index is 4530. The Morgan fingerprint density at radius 1 is 0.312 bits per heavy atom. The molecule has 0 bridgehead atoms. The minimum absolute atomic E-state index is 0.227. The third-order valence-electron chi connectivity index (χ3n) is 16.5. The molecule has 15 rings (SSSR count). The fourth-order valence-corrected chi connectivity index (χ4v) is 13.0. The molecule has 0 radical (unpaired) electrons. The Hall–Kier alpha value is -9.76. The van der Waals surface area contributed by atoms with E-state index in [0.717, 1.165) is 39.4 Å². The summed E-state index contributed by atoms with van der Waals surface area (Å²) in [4.78, 5) is 2.59. The molecule has 0 unspecified atom stereocenters. The first kappa shape index (κ1) is 44.7. The van der Waals surface area contributed by atoms with Crippen LogP contribution in [0.4, 0.5) is 17.1 Å².